The fraction of sp³-hybridized carbons (Fsp3) is 0.455. The Hall–Kier alpha value is -1.25. The summed E-state index contributed by atoms with van der Waals surface area (Å²) < 4.78 is 22.5. The van der Waals surface area contributed by atoms with Gasteiger partial charge in [-0.1, -0.05) is 6.07 Å². The molecule has 0 radical (unpaired) electrons. The lowest BCUT2D eigenvalue weighted by Gasteiger charge is -2.25. The Bertz CT molecular complexity index is 538. The van der Waals surface area contributed by atoms with E-state index < -0.39 is 9.84 Å². The maximum Gasteiger partial charge on any atom is 0.254 e. The summed E-state index contributed by atoms with van der Waals surface area (Å²) in [6, 6.07) is 3.80. The Labute approximate surface area is 116 Å². The number of rotatable bonds is 4. The van der Waals surface area contributed by atoms with E-state index in [1.54, 1.807) is 6.21 Å². The minimum absolute atomic E-state index is 0.124. The van der Waals surface area contributed by atoms with Gasteiger partial charge in [0, 0.05) is 18.0 Å². The molecule has 0 bridgehead atoms. The molecule has 0 atom stereocenters. The van der Waals surface area contributed by atoms with Gasteiger partial charge in [0.25, 0.3) is 5.91 Å². The van der Waals surface area contributed by atoms with E-state index in [0.29, 0.717) is 13.1 Å². The molecule has 0 unspecified atom stereocenters. The molecule has 1 N–H and O–H groups in total. The van der Waals surface area contributed by atoms with Crippen LogP contribution in [0.3, 0.4) is 0 Å². The normalized spacial score (nSPS) is 19.6. The van der Waals surface area contributed by atoms with Gasteiger partial charge in [-0.3, -0.25) is 9.69 Å². The van der Waals surface area contributed by atoms with Crippen molar-refractivity contribution in [2.24, 2.45) is 5.10 Å². The molecule has 1 amide bonds. The molecule has 1 aromatic heterocycles. The van der Waals surface area contributed by atoms with E-state index in [0.717, 1.165) is 4.88 Å². The van der Waals surface area contributed by atoms with Gasteiger partial charge >= 0.3 is 0 Å². The molecule has 1 aliphatic heterocycles. The summed E-state index contributed by atoms with van der Waals surface area (Å²) in [6.45, 7) is 0.992. The number of nitrogens with one attached hydrogen (secondary N) is 1. The van der Waals surface area contributed by atoms with Crippen molar-refractivity contribution < 1.29 is 13.2 Å². The van der Waals surface area contributed by atoms with E-state index in [-0.39, 0.29) is 24.0 Å². The van der Waals surface area contributed by atoms with E-state index in [1.165, 1.54) is 11.3 Å². The quantitative estimate of drug-likeness (QED) is 0.623. The van der Waals surface area contributed by atoms with E-state index >= 15 is 0 Å². The summed E-state index contributed by atoms with van der Waals surface area (Å²) in [5.41, 5.74) is 2.44. The second-order valence-corrected chi connectivity index (χ2v) is 7.52. The molecule has 1 aliphatic rings. The van der Waals surface area contributed by atoms with Crippen LogP contribution in [0.5, 0.6) is 0 Å². The number of sulfone groups is 1. The Balaban J connectivity index is 1.73. The number of carbonyl (C=O) groups excluding carboxylic acids is 1. The minimum Gasteiger partial charge on any atom is -0.292 e. The van der Waals surface area contributed by atoms with Crippen molar-refractivity contribution >= 4 is 33.3 Å². The monoisotopic (exact) mass is 301 g/mol. The van der Waals surface area contributed by atoms with Gasteiger partial charge in [0.2, 0.25) is 0 Å². The molecular weight excluding hydrogens is 286 g/mol. The number of thiophene rings is 1. The first-order valence-electron chi connectivity index (χ1n) is 5.83. The van der Waals surface area contributed by atoms with Gasteiger partial charge in [-0.05, 0) is 11.4 Å². The third kappa shape index (κ3) is 4.73. The molecule has 1 saturated heterocycles. The zero-order valence-corrected chi connectivity index (χ0v) is 11.9. The minimum atomic E-state index is -2.90. The number of amides is 1. The standard InChI is InChI=1S/C11H15N3O3S2/c15-11(13-12-8-10-2-1-5-18-10)9-14-3-6-19(16,17)7-4-14/h1-2,5,8H,3-4,6-7,9H2,(H,13,15)/b12-8-. The molecule has 19 heavy (non-hydrogen) atoms. The van der Waals surface area contributed by atoms with Crippen LogP contribution in [0.2, 0.25) is 0 Å². The van der Waals surface area contributed by atoms with Gasteiger partial charge < -0.3 is 0 Å². The largest absolute Gasteiger partial charge is 0.292 e. The number of hydrogen-bond acceptors (Lipinski definition) is 6. The Kier molecular flexibility index (Phi) is 4.67. The van der Waals surface area contributed by atoms with Crippen LogP contribution in [0.25, 0.3) is 0 Å². The van der Waals surface area contributed by atoms with Crippen molar-refractivity contribution in [2.75, 3.05) is 31.1 Å². The molecule has 0 aliphatic carbocycles. The maximum absolute atomic E-state index is 11.6. The molecular formula is C11H15N3O3S2. The maximum atomic E-state index is 11.6. The van der Waals surface area contributed by atoms with E-state index in [1.807, 2.05) is 22.4 Å². The number of hydrogen-bond donors (Lipinski definition) is 1. The highest BCUT2D eigenvalue weighted by Crippen LogP contribution is 2.04. The summed E-state index contributed by atoms with van der Waals surface area (Å²) in [4.78, 5) is 14.4. The van der Waals surface area contributed by atoms with Gasteiger partial charge in [0.05, 0.1) is 24.3 Å². The van der Waals surface area contributed by atoms with Crippen LogP contribution in [0.1, 0.15) is 4.88 Å². The SMILES string of the molecule is O=C(CN1CCS(=O)(=O)CC1)N/N=C\c1cccs1. The van der Waals surface area contributed by atoms with Crippen LogP contribution in [0.4, 0.5) is 0 Å². The highest BCUT2D eigenvalue weighted by Gasteiger charge is 2.22. The van der Waals surface area contributed by atoms with Gasteiger partial charge in [0.15, 0.2) is 9.84 Å². The lowest BCUT2D eigenvalue weighted by Crippen LogP contribution is -2.44. The molecule has 2 rings (SSSR count). The smallest absolute Gasteiger partial charge is 0.254 e. The van der Waals surface area contributed by atoms with Gasteiger partial charge in [-0.25, -0.2) is 13.8 Å². The molecule has 1 aromatic rings. The van der Waals surface area contributed by atoms with Crippen molar-refractivity contribution in [3.8, 4) is 0 Å². The van der Waals surface area contributed by atoms with Crippen LogP contribution in [-0.4, -0.2) is 56.6 Å². The molecule has 8 heteroatoms. The number of nitrogens with zero attached hydrogens (tertiary/aromatic N) is 2. The van der Waals surface area contributed by atoms with Crippen molar-refractivity contribution in [1.82, 2.24) is 10.3 Å². The van der Waals surface area contributed by atoms with Crippen LogP contribution in [-0.2, 0) is 14.6 Å². The molecule has 0 spiro atoms. The predicted molar refractivity (Wildman–Crippen MR) is 75.1 cm³/mol. The molecule has 0 saturated carbocycles. The van der Waals surface area contributed by atoms with Crippen LogP contribution in [0, 0.1) is 0 Å². The van der Waals surface area contributed by atoms with Gasteiger partial charge in [-0.15, -0.1) is 11.3 Å². The molecule has 2 heterocycles. The Morgan fingerprint density at radius 1 is 1.47 bits per heavy atom. The zero-order valence-electron chi connectivity index (χ0n) is 10.3. The lowest BCUT2D eigenvalue weighted by atomic mass is 10.4. The Morgan fingerprint density at radius 3 is 2.84 bits per heavy atom. The highest BCUT2D eigenvalue weighted by molar-refractivity contribution is 7.91. The van der Waals surface area contributed by atoms with Gasteiger partial charge in [-0.2, -0.15) is 5.10 Å². The van der Waals surface area contributed by atoms with Crippen molar-refractivity contribution in [1.29, 1.82) is 0 Å². The van der Waals surface area contributed by atoms with Crippen molar-refractivity contribution in [3.63, 3.8) is 0 Å². The summed E-state index contributed by atoms with van der Waals surface area (Å²) >= 11 is 1.53. The molecule has 1 fully saturated rings. The van der Waals surface area contributed by atoms with Gasteiger partial charge in [0.1, 0.15) is 0 Å². The lowest BCUT2D eigenvalue weighted by molar-refractivity contribution is -0.122. The topological polar surface area (TPSA) is 78.8 Å². The molecule has 6 nitrogen and oxygen atoms in total. The van der Waals surface area contributed by atoms with Crippen LogP contribution in [0.15, 0.2) is 22.6 Å². The summed E-state index contributed by atoms with van der Waals surface area (Å²) in [6.07, 6.45) is 1.59. The summed E-state index contributed by atoms with van der Waals surface area (Å²) in [5.74, 6) is 0.0180. The fourth-order valence-electron chi connectivity index (χ4n) is 1.68. The van der Waals surface area contributed by atoms with Crippen molar-refractivity contribution in [2.45, 2.75) is 0 Å². The van der Waals surface area contributed by atoms with E-state index in [4.69, 9.17) is 0 Å². The highest BCUT2D eigenvalue weighted by atomic mass is 32.2. The van der Waals surface area contributed by atoms with Crippen molar-refractivity contribution in [3.05, 3.63) is 22.4 Å². The average molecular weight is 301 g/mol. The third-order valence-electron chi connectivity index (χ3n) is 2.73. The second kappa shape index (κ2) is 6.27. The first-order chi connectivity index (χ1) is 9.05. The molecule has 104 valence electrons. The third-order valence-corrected chi connectivity index (χ3v) is 5.14. The number of hydrazone groups is 1. The first-order valence-corrected chi connectivity index (χ1v) is 8.53. The van der Waals surface area contributed by atoms with E-state index in [2.05, 4.69) is 10.5 Å². The molecule has 0 aromatic carbocycles. The summed E-state index contributed by atoms with van der Waals surface area (Å²) in [7, 11) is -2.90. The Morgan fingerprint density at radius 2 is 2.21 bits per heavy atom. The fourth-order valence-corrected chi connectivity index (χ4v) is 3.54. The predicted octanol–water partition coefficient (Wildman–Crippen LogP) is -0.0714. The first kappa shape index (κ1) is 14.2. The number of carbonyl (C=O) groups is 1. The van der Waals surface area contributed by atoms with Crippen LogP contribution >= 0.6 is 11.3 Å². The second-order valence-electron chi connectivity index (χ2n) is 4.24. The van der Waals surface area contributed by atoms with E-state index in [9.17, 15) is 13.2 Å². The average Bonchev–Trinajstić information content (AvgIpc) is 2.85. The van der Waals surface area contributed by atoms with Crippen LogP contribution < -0.4 is 5.43 Å². The zero-order chi connectivity index (χ0) is 13.7. The summed E-state index contributed by atoms with van der Waals surface area (Å²) in [5, 5.41) is 5.78.